The molecule has 4 heterocycles. The van der Waals surface area contributed by atoms with Gasteiger partial charge in [0, 0.05) is 80.5 Å². The molecule has 2 fully saturated rings. The first-order chi connectivity index (χ1) is 32.0. The molecule has 1 amide bonds. The molecule has 1 saturated heterocycles. The summed E-state index contributed by atoms with van der Waals surface area (Å²) in [4.78, 5) is 39.8. The number of nitro groups is 1. The number of nitrogens with one attached hydrogen (secondary N) is 2. The molecule has 2 aromatic heterocycles. The Balaban J connectivity index is 0.975. The quantitative estimate of drug-likeness (QED) is 0.0904. The van der Waals surface area contributed by atoms with Gasteiger partial charge in [-0.3, -0.25) is 19.8 Å². The Hall–Kier alpha value is -5.78. The fourth-order valence-corrected chi connectivity index (χ4v) is 10.8. The lowest BCUT2D eigenvalue weighted by Crippen LogP contribution is -2.47. The Kier molecular flexibility index (Phi) is 12.9. The second-order valence-electron chi connectivity index (χ2n) is 18.9. The second kappa shape index (κ2) is 18.7. The van der Waals surface area contributed by atoms with Gasteiger partial charge in [-0.05, 0) is 116 Å². The normalized spacial score (nSPS) is 19.1. The lowest BCUT2D eigenvalue weighted by atomic mass is 9.72. The van der Waals surface area contributed by atoms with Crippen LogP contribution in [-0.2, 0) is 10.0 Å². The van der Waals surface area contributed by atoms with Crippen molar-refractivity contribution in [3.05, 3.63) is 111 Å². The summed E-state index contributed by atoms with van der Waals surface area (Å²) in [7, 11) is -4.67. The van der Waals surface area contributed by atoms with E-state index in [0.29, 0.717) is 55.6 Å². The number of pyridine rings is 1. The first kappa shape index (κ1) is 46.3. The van der Waals surface area contributed by atoms with Gasteiger partial charge in [-0.15, -0.1) is 0 Å². The number of rotatable bonds is 12. The molecule has 9 rings (SSSR count). The summed E-state index contributed by atoms with van der Waals surface area (Å²) in [6, 6.07) is 20.4. The summed E-state index contributed by atoms with van der Waals surface area (Å²) in [6.07, 6.45) is 5.32. The van der Waals surface area contributed by atoms with E-state index < -0.39 is 37.4 Å². The molecule has 67 heavy (non-hydrogen) atoms. The highest BCUT2D eigenvalue weighted by atomic mass is 35.5. The SMILES string of the molecule is CC1(C)CCC(CN2CCN(c3ccc(C(=O)NS(=O)(=O)c4ccc(OCC5CCC(F)(F)CC5)c([N+](=O)[O-])c4)c(N4CCCOc5nc6[nH]ccc6cc54)c3)CC2)=C(c2ccc(Cl)cc2)C1. The maximum absolute atomic E-state index is 14.4. The fourth-order valence-electron chi connectivity index (χ4n) is 9.68. The van der Waals surface area contributed by atoms with Gasteiger partial charge in [-0.1, -0.05) is 43.2 Å². The van der Waals surface area contributed by atoms with Crippen LogP contribution in [0, 0.1) is 21.4 Å². The number of piperazine rings is 1. The third kappa shape index (κ3) is 10.4. The maximum atomic E-state index is 14.4. The number of nitro benzene ring substituents is 1. The molecule has 2 N–H and O–H groups in total. The lowest BCUT2D eigenvalue weighted by molar-refractivity contribution is -0.386. The summed E-state index contributed by atoms with van der Waals surface area (Å²) in [5, 5.41) is 13.7. The van der Waals surface area contributed by atoms with Gasteiger partial charge in [0.15, 0.2) is 5.75 Å². The Labute approximate surface area is 393 Å². The minimum atomic E-state index is -4.67. The summed E-state index contributed by atoms with van der Waals surface area (Å²) in [5.41, 5.74) is 6.24. The highest BCUT2D eigenvalue weighted by Crippen LogP contribution is 2.44. The molecular formula is C49H54ClF2N7O7S. The summed E-state index contributed by atoms with van der Waals surface area (Å²) in [5.74, 6) is -3.75. The summed E-state index contributed by atoms with van der Waals surface area (Å²) >= 11 is 6.26. The second-order valence-corrected chi connectivity index (χ2v) is 21.0. The number of sulfonamides is 1. The van der Waals surface area contributed by atoms with Crippen molar-refractivity contribution in [3.8, 4) is 11.6 Å². The van der Waals surface area contributed by atoms with E-state index in [1.807, 2.05) is 41.3 Å². The number of aromatic nitrogens is 2. The van der Waals surface area contributed by atoms with E-state index in [1.54, 1.807) is 12.3 Å². The zero-order valence-electron chi connectivity index (χ0n) is 37.5. The Morgan fingerprint density at radius 2 is 1.75 bits per heavy atom. The van der Waals surface area contributed by atoms with Crippen molar-refractivity contribution in [2.45, 2.75) is 76.0 Å². The molecule has 1 saturated carbocycles. The molecule has 3 aromatic carbocycles. The van der Waals surface area contributed by atoms with Crippen LogP contribution in [-0.4, -0.2) is 92.5 Å². The number of hydrogen-bond donors (Lipinski definition) is 2. The van der Waals surface area contributed by atoms with Gasteiger partial charge in [0.1, 0.15) is 11.3 Å². The van der Waals surface area contributed by atoms with Gasteiger partial charge in [0.05, 0.1) is 34.3 Å². The van der Waals surface area contributed by atoms with Gasteiger partial charge in [0.2, 0.25) is 11.8 Å². The van der Waals surface area contributed by atoms with Crippen molar-refractivity contribution < 1.29 is 36.4 Å². The number of amides is 1. The first-order valence-electron chi connectivity index (χ1n) is 22.8. The lowest BCUT2D eigenvalue weighted by Gasteiger charge is -2.39. The van der Waals surface area contributed by atoms with E-state index in [2.05, 4.69) is 45.5 Å². The van der Waals surface area contributed by atoms with Crippen molar-refractivity contribution in [1.82, 2.24) is 19.6 Å². The summed E-state index contributed by atoms with van der Waals surface area (Å²) < 4.78 is 69.2. The Morgan fingerprint density at radius 3 is 2.49 bits per heavy atom. The molecule has 354 valence electrons. The molecule has 4 aliphatic rings. The number of ether oxygens (including phenoxy) is 2. The number of carbonyl (C=O) groups is 1. The molecule has 2 aliphatic carbocycles. The number of fused-ring (bicyclic) bond motifs is 2. The number of alkyl halides is 2. The number of benzene rings is 3. The van der Waals surface area contributed by atoms with Crippen LogP contribution in [0.1, 0.15) is 81.1 Å². The third-order valence-corrected chi connectivity index (χ3v) is 15.1. The number of allylic oxidation sites excluding steroid dienone is 1. The van der Waals surface area contributed by atoms with Gasteiger partial charge in [0.25, 0.3) is 15.9 Å². The standard InChI is InChI=1S/C49H54ClF2N7O7S/c1-48(2)16-14-35(40(29-48)33-4-6-36(50)7-5-33)30-56-21-23-57(24-22-56)37-8-10-39(41(27-37)58-20-3-25-65-47-43(58)26-34-15-19-53-45(34)54-47)46(60)55-67(63,64)38-9-11-44(42(28-38)59(61)62)66-31-32-12-17-49(51,52)18-13-32/h4-11,15,19,26-28,32H,3,12-14,16-18,20-25,29-31H2,1-2H3,(H,53,54)(H,55,60). The number of halogens is 3. The highest BCUT2D eigenvalue weighted by molar-refractivity contribution is 7.90. The van der Waals surface area contributed by atoms with Crippen LogP contribution in [0.5, 0.6) is 11.6 Å². The van der Waals surface area contributed by atoms with E-state index in [0.717, 1.165) is 73.2 Å². The monoisotopic (exact) mass is 957 g/mol. The zero-order chi connectivity index (χ0) is 47.1. The molecule has 18 heteroatoms. The summed E-state index contributed by atoms with van der Waals surface area (Å²) in [6.45, 7) is 9.33. The third-order valence-electron chi connectivity index (χ3n) is 13.6. The van der Waals surface area contributed by atoms with Gasteiger partial charge >= 0.3 is 5.69 Å². The number of H-pyrrole nitrogens is 1. The average Bonchev–Trinajstić information content (AvgIpc) is 3.66. The van der Waals surface area contributed by atoms with E-state index in [1.165, 1.54) is 16.7 Å². The highest BCUT2D eigenvalue weighted by Gasteiger charge is 2.36. The number of carbonyl (C=O) groups excluding carboxylic acids is 1. The molecule has 5 aromatic rings. The minimum absolute atomic E-state index is 0.0349. The van der Waals surface area contributed by atoms with Crippen LogP contribution < -0.4 is 24.0 Å². The largest absolute Gasteiger partial charge is 0.487 e. The molecule has 0 atom stereocenters. The number of aromatic amines is 1. The van der Waals surface area contributed by atoms with E-state index in [4.69, 9.17) is 26.1 Å². The van der Waals surface area contributed by atoms with Crippen LogP contribution in [0.15, 0.2) is 89.5 Å². The van der Waals surface area contributed by atoms with Crippen molar-refractivity contribution in [3.63, 3.8) is 0 Å². The van der Waals surface area contributed by atoms with E-state index in [-0.39, 0.29) is 54.9 Å². The molecule has 14 nitrogen and oxygen atoms in total. The molecule has 0 spiro atoms. The van der Waals surface area contributed by atoms with E-state index in [9.17, 15) is 32.1 Å². The van der Waals surface area contributed by atoms with E-state index >= 15 is 0 Å². The number of hydrogen-bond acceptors (Lipinski definition) is 11. The molecular weight excluding hydrogens is 904 g/mol. The van der Waals surface area contributed by atoms with Crippen LogP contribution in [0.3, 0.4) is 0 Å². The molecule has 2 aliphatic heterocycles. The first-order valence-corrected chi connectivity index (χ1v) is 24.7. The topological polar surface area (TPSA) is 163 Å². The van der Waals surface area contributed by atoms with Crippen molar-refractivity contribution in [2.75, 3.05) is 62.3 Å². The zero-order valence-corrected chi connectivity index (χ0v) is 39.1. The predicted octanol–water partition coefficient (Wildman–Crippen LogP) is 10.2. The van der Waals surface area contributed by atoms with Crippen molar-refractivity contribution >= 4 is 66.9 Å². The van der Waals surface area contributed by atoms with Gasteiger partial charge in [-0.25, -0.2) is 21.9 Å². The predicted molar refractivity (Wildman–Crippen MR) is 254 cm³/mol. The van der Waals surface area contributed by atoms with Crippen LogP contribution in [0.25, 0.3) is 16.6 Å². The number of nitrogens with zero attached hydrogens (tertiary/aromatic N) is 5. The average molecular weight is 959 g/mol. The van der Waals surface area contributed by atoms with Crippen molar-refractivity contribution in [1.29, 1.82) is 0 Å². The molecule has 0 radical (unpaired) electrons. The van der Waals surface area contributed by atoms with Crippen LogP contribution in [0.2, 0.25) is 5.02 Å². The molecule has 0 bridgehead atoms. The van der Waals surface area contributed by atoms with Crippen LogP contribution >= 0.6 is 11.6 Å². The minimum Gasteiger partial charge on any atom is -0.487 e. The molecule has 0 unspecified atom stereocenters. The van der Waals surface area contributed by atoms with Crippen LogP contribution in [0.4, 0.5) is 31.5 Å². The van der Waals surface area contributed by atoms with Gasteiger partial charge in [-0.2, -0.15) is 4.98 Å². The fraction of sp³-hybridized carbons (Fsp3) is 0.429. The Morgan fingerprint density at radius 1 is 0.985 bits per heavy atom. The maximum Gasteiger partial charge on any atom is 0.312 e. The smallest absolute Gasteiger partial charge is 0.312 e. The number of anilines is 3. The van der Waals surface area contributed by atoms with Crippen molar-refractivity contribution in [2.24, 2.45) is 11.3 Å². The van der Waals surface area contributed by atoms with Gasteiger partial charge < -0.3 is 24.3 Å². The Bertz CT molecular complexity index is 2820.